The maximum atomic E-state index is 13.1. The molecule has 0 saturated carbocycles. The van der Waals surface area contributed by atoms with E-state index in [1.165, 1.54) is 0 Å². The third kappa shape index (κ3) is 4.75. The molecule has 1 saturated heterocycles. The summed E-state index contributed by atoms with van der Waals surface area (Å²) in [4.78, 5) is 34.0. The number of carbonyl (C=O) groups excluding carboxylic acids is 2. The molecule has 2 aromatic heterocycles. The van der Waals surface area contributed by atoms with Crippen molar-refractivity contribution < 1.29 is 14.3 Å². The minimum Gasteiger partial charge on any atom is -0.491 e. The van der Waals surface area contributed by atoms with Gasteiger partial charge in [-0.1, -0.05) is 24.3 Å². The number of likely N-dealkylation sites (N-methyl/N-ethyl adjacent to an activating group) is 1. The highest BCUT2D eigenvalue weighted by molar-refractivity contribution is 5.93. The van der Waals surface area contributed by atoms with Crippen LogP contribution in [0, 0.1) is 13.8 Å². The predicted octanol–water partition coefficient (Wildman–Crippen LogP) is 1.90. The summed E-state index contributed by atoms with van der Waals surface area (Å²) in [6.07, 6.45) is 3.69. The van der Waals surface area contributed by atoms with Gasteiger partial charge in [0.2, 0.25) is 5.91 Å². The van der Waals surface area contributed by atoms with Crippen LogP contribution in [-0.2, 0) is 4.79 Å². The molecule has 4 rings (SSSR count). The molecule has 3 heterocycles. The Kier molecular flexibility index (Phi) is 6.41. The number of aryl methyl sites for hydroxylation is 2. The Morgan fingerprint density at radius 1 is 1.12 bits per heavy atom. The molecule has 32 heavy (non-hydrogen) atoms. The standard InChI is InChI=1S/C24H29N5O3/c1-17-8-9-22-26-19(15-29(22)14-17)24(31)28-12-11-27(3)20(16-28)23(30)25-10-13-32-21-7-5-4-6-18(21)2/h4-9,14-15,20H,10-13,16H2,1-3H3,(H,25,30)/t20-/m0/s1. The molecule has 1 aliphatic heterocycles. The number of carbonyl (C=O) groups is 2. The largest absolute Gasteiger partial charge is 0.491 e. The van der Waals surface area contributed by atoms with Gasteiger partial charge >= 0.3 is 0 Å². The SMILES string of the molecule is Cc1ccc2nc(C(=O)N3CCN(C)[C@H](C(=O)NCCOc4ccccc4C)C3)cn2c1. The second-order valence-corrected chi connectivity index (χ2v) is 8.25. The Bertz CT molecular complexity index is 1130. The molecule has 0 aliphatic carbocycles. The molecule has 1 atom stereocenters. The van der Waals surface area contributed by atoms with Crippen molar-refractivity contribution in [1.82, 2.24) is 24.5 Å². The zero-order valence-electron chi connectivity index (χ0n) is 18.7. The quantitative estimate of drug-likeness (QED) is 0.599. The number of piperazine rings is 1. The van der Waals surface area contributed by atoms with Gasteiger partial charge in [-0.25, -0.2) is 4.98 Å². The number of nitrogens with one attached hydrogen (secondary N) is 1. The average Bonchev–Trinajstić information content (AvgIpc) is 3.20. The first-order valence-corrected chi connectivity index (χ1v) is 10.8. The van der Waals surface area contributed by atoms with Crippen LogP contribution < -0.4 is 10.1 Å². The number of ether oxygens (including phenoxy) is 1. The summed E-state index contributed by atoms with van der Waals surface area (Å²) in [7, 11) is 1.91. The number of amides is 2. The molecule has 8 nitrogen and oxygen atoms in total. The van der Waals surface area contributed by atoms with Crippen molar-refractivity contribution >= 4 is 17.5 Å². The van der Waals surface area contributed by atoms with Crippen molar-refractivity contribution in [3.63, 3.8) is 0 Å². The number of hydrogen-bond acceptors (Lipinski definition) is 5. The van der Waals surface area contributed by atoms with E-state index in [2.05, 4.69) is 10.3 Å². The highest BCUT2D eigenvalue weighted by atomic mass is 16.5. The number of rotatable bonds is 6. The van der Waals surface area contributed by atoms with Gasteiger partial charge in [0.15, 0.2) is 0 Å². The van der Waals surface area contributed by atoms with Crippen LogP contribution in [0.4, 0.5) is 0 Å². The van der Waals surface area contributed by atoms with E-state index in [-0.39, 0.29) is 11.8 Å². The molecule has 3 aromatic rings. The summed E-state index contributed by atoms with van der Waals surface area (Å²) < 4.78 is 7.61. The molecule has 168 valence electrons. The molecule has 1 fully saturated rings. The maximum Gasteiger partial charge on any atom is 0.274 e. The molecule has 1 aromatic carbocycles. The third-order valence-electron chi connectivity index (χ3n) is 5.81. The summed E-state index contributed by atoms with van der Waals surface area (Å²) in [5.41, 5.74) is 3.28. The number of pyridine rings is 1. The number of aromatic nitrogens is 2. The van der Waals surface area contributed by atoms with Gasteiger partial charge in [-0.3, -0.25) is 14.5 Å². The molecule has 0 spiro atoms. The van der Waals surface area contributed by atoms with Crippen molar-refractivity contribution in [2.75, 3.05) is 39.8 Å². The molecule has 2 amide bonds. The fourth-order valence-corrected chi connectivity index (χ4v) is 3.88. The smallest absolute Gasteiger partial charge is 0.274 e. The monoisotopic (exact) mass is 435 g/mol. The number of hydrogen-bond donors (Lipinski definition) is 1. The Balaban J connectivity index is 1.34. The Morgan fingerprint density at radius 2 is 1.94 bits per heavy atom. The lowest BCUT2D eigenvalue weighted by atomic mass is 10.1. The van der Waals surface area contributed by atoms with Crippen LogP contribution in [0.25, 0.3) is 5.65 Å². The van der Waals surface area contributed by atoms with Crippen molar-refractivity contribution in [3.8, 4) is 5.75 Å². The molecule has 0 bridgehead atoms. The Hall–Kier alpha value is -3.39. The molecule has 0 radical (unpaired) electrons. The number of nitrogens with zero attached hydrogens (tertiary/aromatic N) is 4. The summed E-state index contributed by atoms with van der Waals surface area (Å²) in [5.74, 6) is 0.556. The lowest BCUT2D eigenvalue weighted by Crippen LogP contribution is -2.59. The van der Waals surface area contributed by atoms with Gasteiger partial charge < -0.3 is 19.4 Å². The van der Waals surface area contributed by atoms with E-state index in [1.54, 1.807) is 11.1 Å². The lowest BCUT2D eigenvalue weighted by molar-refractivity contribution is -0.127. The average molecular weight is 436 g/mol. The molecule has 1 aliphatic rings. The summed E-state index contributed by atoms with van der Waals surface area (Å²) in [6, 6.07) is 11.2. The van der Waals surface area contributed by atoms with Crippen LogP contribution in [0.3, 0.4) is 0 Å². The van der Waals surface area contributed by atoms with Crippen LogP contribution >= 0.6 is 0 Å². The zero-order chi connectivity index (χ0) is 22.7. The van der Waals surface area contributed by atoms with E-state index >= 15 is 0 Å². The normalized spacial score (nSPS) is 16.8. The third-order valence-corrected chi connectivity index (χ3v) is 5.81. The van der Waals surface area contributed by atoms with Gasteiger partial charge in [0.25, 0.3) is 5.91 Å². The summed E-state index contributed by atoms with van der Waals surface area (Å²) in [6.45, 7) is 6.27. The highest BCUT2D eigenvalue weighted by Crippen LogP contribution is 2.16. The Labute approximate surface area is 187 Å². The lowest BCUT2D eigenvalue weighted by Gasteiger charge is -2.38. The van der Waals surface area contributed by atoms with Gasteiger partial charge in [-0.2, -0.15) is 0 Å². The predicted molar refractivity (Wildman–Crippen MR) is 122 cm³/mol. The summed E-state index contributed by atoms with van der Waals surface area (Å²) >= 11 is 0. The number of para-hydroxylation sites is 1. The molecule has 1 N–H and O–H groups in total. The molecular weight excluding hydrogens is 406 g/mol. The molecular formula is C24H29N5O3. The minimum absolute atomic E-state index is 0.107. The van der Waals surface area contributed by atoms with E-state index in [0.29, 0.717) is 38.5 Å². The number of fused-ring (bicyclic) bond motifs is 1. The summed E-state index contributed by atoms with van der Waals surface area (Å²) in [5, 5.41) is 2.94. The van der Waals surface area contributed by atoms with Gasteiger partial charge in [0.1, 0.15) is 29.7 Å². The van der Waals surface area contributed by atoms with Crippen molar-refractivity contribution in [2.24, 2.45) is 0 Å². The minimum atomic E-state index is -0.412. The van der Waals surface area contributed by atoms with E-state index in [9.17, 15) is 9.59 Å². The first-order valence-electron chi connectivity index (χ1n) is 10.8. The van der Waals surface area contributed by atoms with Crippen LogP contribution in [0.15, 0.2) is 48.8 Å². The second-order valence-electron chi connectivity index (χ2n) is 8.25. The molecule has 8 heteroatoms. The van der Waals surface area contributed by atoms with Crippen molar-refractivity contribution in [2.45, 2.75) is 19.9 Å². The van der Waals surface area contributed by atoms with Crippen LogP contribution in [0.1, 0.15) is 21.6 Å². The topological polar surface area (TPSA) is 79.2 Å². The molecule has 0 unspecified atom stereocenters. The fraction of sp³-hybridized carbons (Fsp3) is 0.375. The van der Waals surface area contributed by atoms with E-state index in [4.69, 9.17) is 4.74 Å². The van der Waals surface area contributed by atoms with Gasteiger partial charge in [-0.05, 0) is 44.2 Å². The Morgan fingerprint density at radius 3 is 2.75 bits per heavy atom. The highest BCUT2D eigenvalue weighted by Gasteiger charge is 2.33. The van der Waals surface area contributed by atoms with Crippen LogP contribution in [0.2, 0.25) is 0 Å². The van der Waals surface area contributed by atoms with Crippen LogP contribution in [0.5, 0.6) is 5.75 Å². The van der Waals surface area contributed by atoms with Crippen molar-refractivity contribution in [3.05, 3.63) is 65.6 Å². The first-order chi connectivity index (χ1) is 15.4. The van der Waals surface area contributed by atoms with Gasteiger partial charge in [-0.15, -0.1) is 0 Å². The number of imidazole rings is 1. The van der Waals surface area contributed by atoms with Crippen molar-refractivity contribution in [1.29, 1.82) is 0 Å². The van der Waals surface area contributed by atoms with E-state index in [0.717, 1.165) is 22.5 Å². The van der Waals surface area contributed by atoms with Gasteiger partial charge in [0.05, 0.1) is 6.54 Å². The fourth-order valence-electron chi connectivity index (χ4n) is 3.88. The van der Waals surface area contributed by atoms with Crippen LogP contribution in [-0.4, -0.2) is 76.9 Å². The first kappa shape index (κ1) is 21.8. The van der Waals surface area contributed by atoms with E-state index < -0.39 is 6.04 Å². The zero-order valence-corrected chi connectivity index (χ0v) is 18.7. The number of benzene rings is 1. The maximum absolute atomic E-state index is 13.1. The van der Waals surface area contributed by atoms with Gasteiger partial charge in [0, 0.05) is 32.0 Å². The van der Waals surface area contributed by atoms with E-state index in [1.807, 2.05) is 72.8 Å². The second kappa shape index (κ2) is 9.40.